The van der Waals surface area contributed by atoms with Crippen molar-refractivity contribution in [3.8, 4) is 11.5 Å². The first-order valence-corrected chi connectivity index (χ1v) is 13.5. The maximum Gasteiger partial charge on any atom is 0.342 e. The van der Waals surface area contributed by atoms with E-state index in [1.54, 1.807) is 13.8 Å². The molecule has 190 valence electrons. The van der Waals surface area contributed by atoms with Gasteiger partial charge in [0.1, 0.15) is 23.2 Å². The smallest absolute Gasteiger partial charge is 0.342 e. The van der Waals surface area contributed by atoms with Crippen LogP contribution in [0.3, 0.4) is 0 Å². The highest BCUT2D eigenvalue weighted by atomic mass is 32.3. The summed E-state index contributed by atoms with van der Waals surface area (Å²) in [7, 11) is -4.65. The minimum atomic E-state index is -4.65. The minimum Gasteiger partial charge on any atom is -0.507 e. The number of phenols is 1. The van der Waals surface area contributed by atoms with Gasteiger partial charge in [-0.1, -0.05) is 6.92 Å². The molecule has 1 aromatic rings. The molecule has 2 atom stereocenters. The fourth-order valence-corrected chi connectivity index (χ4v) is 4.30. The topological polar surface area (TPSA) is 164 Å². The van der Waals surface area contributed by atoms with E-state index >= 15 is 0 Å². The predicted molar refractivity (Wildman–Crippen MR) is 124 cm³/mol. The maximum atomic E-state index is 12.9. The zero-order chi connectivity index (χ0) is 25.7. The molecule has 3 N–H and O–H groups in total. The Morgan fingerprint density at radius 3 is 2.35 bits per heavy atom. The molecule has 1 aromatic carbocycles. The molecule has 0 radical (unpaired) electrons. The lowest BCUT2D eigenvalue weighted by Gasteiger charge is -2.25. The number of fused-ring (bicyclic) bond motifs is 1. The van der Waals surface area contributed by atoms with E-state index in [0.29, 0.717) is 5.56 Å². The Hall–Kier alpha value is -2.63. The molecule has 0 saturated heterocycles. The number of hydrogen-bond donors (Lipinski definition) is 3. The normalized spacial score (nSPS) is 22.2. The minimum absolute atomic E-state index is 0.0458. The Kier molecular flexibility index (Phi) is 8.73. The van der Waals surface area contributed by atoms with Gasteiger partial charge in [-0.05, 0) is 50.2 Å². The second kappa shape index (κ2) is 10.7. The summed E-state index contributed by atoms with van der Waals surface area (Å²) in [5.74, 6) is -4.26. The summed E-state index contributed by atoms with van der Waals surface area (Å²) in [6.45, 7) is 3.34. The van der Waals surface area contributed by atoms with Gasteiger partial charge in [-0.3, -0.25) is 14.4 Å². The fraction of sp³-hybridized carbons (Fsp3) is 0.565. The van der Waals surface area contributed by atoms with Crippen LogP contribution in [-0.2, 0) is 35.2 Å². The molecular formula is C23H32O10S. The van der Waals surface area contributed by atoms with Crippen molar-refractivity contribution in [3.63, 3.8) is 0 Å². The number of esters is 1. The molecule has 0 saturated carbocycles. The van der Waals surface area contributed by atoms with Crippen molar-refractivity contribution in [1.82, 2.24) is 0 Å². The fourth-order valence-electron chi connectivity index (χ4n) is 3.51. The maximum absolute atomic E-state index is 12.9. The Labute approximate surface area is 198 Å². The highest BCUT2D eigenvalue weighted by Crippen LogP contribution is 2.31. The third kappa shape index (κ3) is 8.30. The number of carbonyl (C=O) groups is 4. The van der Waals surface area contributed by atoms with Crippen LogP contribution in [0.25, 0.3) is 0 Å². The first-order chi connectivity index (χ1) is 15.6. The lowest BCUT2D eigenvalue weighted by atomic mass is 9.94. The quantitative estimate of drug-likeness (QED) is 0.311. The molecule has 0 amide bonds. The number of Topliss-reactive ketones (excluding diaryl/α,β-unsaturated/α-hetero) is 3. The van der Waals surface area contributed by atoms with Gasteiger partial charge in [0, 0.05) is 30.9 Å². The van der Waals surface area contributed by atoms with Crippen LogP contribution in [-0.4, -0.2) is 66.5 Å². The monoisotopic (exact) mass is 500 g/mol. The van der Waals surface area contributed by atoms with Crippen molar-refractivity contribution >= 4 is 32.9 Å². The summed E-state index contributed by atoms with van der Waals surface area (Å²) in [6.07, 6.45) is 0.465. The van der Waals surface area contributed by atoms with Crippen LogP contribution in [0.5, 0.6) is 11.5 Å². The lowest BCUT2D eigenvalue weighted by molar-refractivity contribution is -0.144. The highest BCUT2D eigenvalue weighted by Gasteiger charge is 2.28. The van der Waals surface area contributed by atoms with Crippen LogP contribution in [0.2, 0.25) is 0 Å². The summed E-state index contributed by atoms with van der Waals surface area (Å²) in [4.78, 5) is 49.1. The molecule has 0 aliphatic carbocycles. The van der Waals surface area contributed by atoms with Gasteiger partial charge in [0.25, 0.3) is 5.78 Å². The van der Waals surface area contributed by atoms with Gasteiger partial charge in [-0.25, -0.2) is 9.00 Å². The first kappa shape index (κ1) is 27.6. The standard InChI is InChI=1S/C23H32O10S/c1-14-8-9-19(25)22(27)18(24)7-4-6-16-12-17(32-10-5-11-34(3,29,30)31)13-20(26)21(16)23(28)33-15(14)2/h12-15,26H,4-11H2,1-3H3,(H2,29,30,31)/t14-,15-/m0/s1. The van der Waals surface area contributed by atoms with Crippen molar-refractivity contribution in [2.24, 2.45) is 5.92 Å². The second-order valence-electron chi connectivity index (χ2n) is 8.97. The molecule has 11 heteroatoms. The summed E-state index contributed by atoms with van der Waals surface area (Å²) < 4.78 is 41.3. The van der Waals surface area contributed by atoms with Gasteiger partial charge in [0.15, 0.2) is 0 Å². The highest BCUT2D eigenvalue weighted by molar-refractivity contribution is 8.09. The average molecular weight is 501 g/mol. The van der Waals surface area contributed by atoms with Crippen molar-refractivity contribution in [2.75, 3.05) is 18.6 Å². The van der Waals surface area contributed by atoms with Crippen LogP contribution < -0.4 is 4.74 Å². The van der Waals surface area contributed by atoms with E-state index in [9.17, 15) is 37.6 Å². The molecule has 1 heterocycles. The molecule has 0 spiro atoms. The van der Waals surface area contributed by atoms with Crippen LogP contribution in [0.1, 0.15) is 61.9 Å². The average Bonchev–Trinajstić information content (AvgIpc) is 2.71. The molecule has 10 nitrogen and oxygen atoms in total. The number of ether oxygens (including phenoxy) is 2. The largest absolute Gasteiger partial charge is 0.507 e. The number of aryl methyl sites for hydroxylation is 1. The summed E-state index contributed by atoms with van der Waals surface area (Å²) in [5, 5.41) is 10.5. The van der Waals surface area contributed by atoms with E-state index in [0.717, 1.165) is 6.26 Å². The van der Waals surface area contributed by atoms with Gasteiger partial charge >= 0.3 is 5.97 Å². The van der Waals surface area contributed by atoms with Gasteiger partial charge in [-0.15, -0.1) is 0 Å². The Morgan fingerprint density at radius 2 is 1.71 bits per heavy atom. The van der Waals surface area contributed by atoms with Gasteiger partial charge in [0.05, 0.1) is 16.2 Å². The summed E-state index contributed by atoms with van der Waals surface area (Å²) in [5.41, 5.74) is 0.242. The van der Waals surface area contributed by atoms with E-state index < -0.39 is 50.6 Å². The number of carbonyl (C=O) groups excluding carboxylic acids is 4. The first-order valence-electron chi connectivity index (χ1n) is 11.1. The van der Waals surface area contributed by atoms with Gasteiger partial charge in [0.2, 0.25) is 11.6 Å². The van der Waals surface area contributed by atoms with E-state index in [2.05, 4.69) is 0 Å². The molecule has 2 rings (SSSR count). The molecule has 1 aliphatic heterocycles. The number of cyclic esters (lactones) is 1. The van der Waals surface area contributed by atoms with Gasteiger partial charge in [-0.2, -0.15) is 0 Å². The number of hydrogen-bond acceptors (Lipinski definition) is 8. The third-order valence-corrected chi connectivity index (χ3v) is 6.91. The number of aromatic hydroxyl groups is 1. The Balaban J connectivity index is 2.29. The lowest BCUT2D eigenvalue weighted by Crippen LogP contribution is -2.33. The molecule has 0 aromatic heterocycles. The number of phenolic OH excluding ortho intramolecular Hbond substituents is 1. The van der Waals surface area contributed by atoms with Crippen LogP contribution in [0.4, 0.5) is 0 Å². The SMILES string of the molecule is C[C@@H]1OC(=O)c2c(O)cc(OCCCS(C)(=O)(O)O)cc2CCCC(=O)C(=O)C(=O)CC[C@@H]1C. The third-order valence-electron chi connectivity index (χ3n) is 5.68. The Morgan fingerprint density at radius 1 is 1.06 bits per heavy atom. The summed E-state index contributed by atoms with van der Waals surface area (Å²) >= 11 is 0. The van der Waals surface area contributed by atoms with Crippen molar-refractivity contribution in [3.05, 3.63) is 23.3 Å². The van der Waals surface area contributed by atoms with Gasteiger partial charge < -0.3 is 23.7 Å². The molecule has 0 bridgehead atoms. The molecule has 0 unspecified atom stereocenters. The number of benzene rings is 1. The molecular weight excluding hydrogens is 468 g/mol. The molecule has 0 fully saturated rings. The van der Waals surface area contributed by atoms with Crippen molar-refractivity contribution in [2.45, 2.75) is 58.5 Å². The predicted octanol–water partition coefficient (Wildman–Crippen LogP) is 2.56. The van der Waals surface area contributed by atoms with E-state index in [4.69, 9.17) is 9.47 Å². The van der Waals surface area contributed by atoms with Crippen molar-refractivity contribution in [1.29, 1.82) is 0 Å². The van der Waals surface area contributed by atoms with E-state index in [-0.39, 0.29) is 62.4 Å². The van der Waals surface area contributed by atoms with E-state index in [1.165, 1.54) is 12.1 Å². The van der Waals surface area contributed by atoms with Crippen LogP contribution in [0.15, 0.2) is 12.1 Å². The second-order valence-corrected chi connectivity index (χ2v) is 12.2. The molecule has 34 heavy (non-hydrogen) atoms. The zero-order valence-electron chi connectivity index (χ0n) is 19.6. The Bertz CT molecular complexity index is 1030. The molecule has 1 aliphatic rings. The van der Waals surface area contributed by atoms with Crippen molar-refractivity contribution < 1.29 is 47.1 Å². The van der Waals surface area contributed by atoms with Crippen LogP contribution in [0, 0.1) is 5.92 Å². The summed E-state index contributed by atoms with van der Waals surface area (Å²) in [6, 6.07) is 2.69. The van der Waals surface area contributed by atoms with Crippen LogP contribution >= 0.6 is 0 Å². The zero-order valence-corrected chi connectivity index (χ0v) is 20.4. The number of ketones is 3. The number of rotatable bonds is 5. The van der Waals surface area contributed by atoms with E-state index in [1.807, 2.05) is 0 Å².